The Kier molecular flexibility index (Phi) is 6.95. The minimum absolute atomic E-state index is 0.0613. The molecule has 170 valence electrons. The van der Waals surface area contributed by atoms with Gasteiger partial charge in [-0.2, -0.15) is 0 Å². The molecule has 0 bridgehead atoms. The lowest BCUT2D eigenvalue weighted by molar-refractivity contribution is -0.154. The molecule has 1 amide bonds. The number of oxazole rings is 1. The van der Waals surface area contributed by atoms with Crippen LogP contribution in [0.1, 0.15) is 45.4 Å². The summed E-state index contributed by atoms with van der Waals surface area (Å²) in [6.07, 6.45) is 5.74. The number of fused-ring (bicyclic) bond motifs is 1. The van der Waals surface area contributed by atoms with Crippen LogP contribution in [0.3, 0.4) is 0 Å². The van der Waals surface area contributed by atoms with Crippen LogP contribution in [0.15, 0.2) is 39.0 Å². The van der Waals surface area contributed by atoms with Crippen LogP contribution in [0.4, 0.5) is 5.13 Å². The molecule has 1 aromatic carbocycles. The molecule has 4 rings (SSSR count). The van der Waals surface area contributed by atoms with Gasteiger partial charge in [-0.15, -0.1) is 11.3 Å². The molecule has 10 heteroatoms. The van der Waals surface area contributed by atoms with E-state index < -0.39 is 17.8 Å². The zero-order valence-corrected chi connectivity index (χ0v) is 19.2. The second-order valence-corrected chi connectivity index (χ2v) is 9.14. The van der Waals surface area contributed by atoms with Crippen molar-refractivity contribution in [2.45, 2.75) is 64.1 Å². The summed E-state index contributed by atoms with van der Waals surface area (Å²) in [7, 11) is 0. The number of halogens is 1. The van der Waals surface area contributed by atoms with Crippen LogP contribution in [0.2, 0.25) is 5.02 Å². The van der Waals surface area contributed by atoms with Gasteiger partial charge in [-0.05, 0) is 31.9 Å². The van der Waals surface area contributed by atoms with E-state index in [1.54, 1.807) is 36.2 Å². The van der Waals surface area contributed by atoms with Crippen molar-refractivity contribution in [1.29, 1.82) is 0 Å². The van der Waals surface area contributed by atoms with E-state index in [1.165, 1.54) is 15.9 Å². The maximum atomic E-state index is 13.2. The lowest BCUT2D eigenvalue weighted by Gasteiger charge is -2.33. The minimum Gasteiger partial charge on any atom is -0.452 e. The molecule has 0 radical (unpaired) electrons. The van der Waals surface area contributed by atoms with Gasteiger partial charge in [-0.1, -0.05) is 30.9 Å². The molecule has 0 unspecified atom stereocenters. The quantitative estimate of drug-likeness (QED) is 0.468. The summed E-state index contributed by atoms with van der Waals surface area (Å²) in [6, 6.07) is 4.92. The van der Waals surface area contributed by atoms with Gasteiger partial charge in [0.05, 0.1) is 11.9 Å². The lowest BCUT2D eigenvalue weighted by atomic mass is 9.94. The fourth-order valence-electron chi connectivity index (χ4n) is 4.06. The van der Waals surface area contributed by atoms with Crippen molar-refractivity contribution in [3.05, 3.63) is 45.3 Å². The molecule has 1 atom stereocenters. The summed E-state index contributed by atoms with van der Waals surface area (Å²) in [6.45, 7) is 1.65. The molecule has 1 saturated carbocycles. The summed E-state index contributed by atoms with van der Waals surface area (Å²) in [5, 5.41) is 2.91. The number of hydrogen-bond acceptors (Lipinski definition) is 7. The molecule has 8 nitrogen and oxygen atoms in total. The van der Waals surface area contributed by atoms with Crippen LogP contribution < -0.4 is 10.7 Å². The number of rotatable bonds is 7. The van der Waals surface area contributed by atoms with Gasteiger partial charge in [-0.3, -0.25) is 19.1 Å². The molecule has 2 aromatic heterocycles. The van der Waals surface area contributed by atoms with Crippen LogP contribution in [0.5, 0.6) is 0 Å². The molecule has 1 fully saturated rings. The number of hydrogen-bond donors (Lipinski definition) is 0. The van der Waals surface area contributed by atoms with Crippen molar-refractivity contribution in [1.82, 2.24) is 9.55 Å². The first-order valence-electron chi connectivity index (χ1n) is 10.6. The normalized spacial score (nSPS) is 15.6. The molecule has 1 aliphatic rings. The molecule has 32 heavy (non-hydrogen) atoms. The van der Waals surface area contributed by atoms with Crippen LogP contribution in [0.25, 0.3) is 11.1 Å². The lowest BCUT2D eigenvalue weighted by Crippen LogP contribution is -2.47. The van der Waals surface area contributed by atoms with Crippen LogP contribution in [0, 0.1) is 0 Å². The SMILES string of the molecule is C[C@H](OC(=O)CCn1c(=O)oc2cc(Cl)ccc21)C(=O)N(c1nccs1)C1CCCCC1. The Balaban J connectivity index is 1.41. The Labute approximate surface area is 193 Å². The zero-order valence-electron chi connectivity index (χ0n) is 17.7. The molecule has 3 aromatic rings. The predicted octanol–water partition coefficient (Wildman–Crippen LogP) is 4.39. The van der Waals surface area contributed by atoms with E-state index in [9.17, 15) is 14.4 Å². The van der Waals surface area contributed by atoms with E-state index >= 15 is 0 Å². The van der Waals surface area contributed by atoms with E-state index in [-0.39, 0.29) is 24.9 Å². The monoisotopic (exact) mass is 477 g/mol. The Morgan fingerprint density at radius 1 is 1.34 bits per heavy atom. The van der Waals surface area contributed by atoms with Crippen molar-refractivity contribution >= 4 is 51.0 Å². The second kappa shape index (κ2) is 9.87. The summed E-state index contributed by atoms with van der Waals surface area (Å²) in [5.74, 6) is -1.42. The summed E-state index contributed by atoms with van der Waals surface area (Å²) < 4.78 is 12.0. The molecule has 0 N–H and O–H groups in total. The van der Waals surface area contributed by atoms with Crippen molar-refractivity contribution in [3.8, 4) is 0 Å². The fraction of sp³-hybridized carbons (Fsp3) is 0.455. The number of carbonyl (C=O) groups is 2. The smallest absolute Gasteiger partial charge is 0.419 e. The standard InChI is InChI=1S/C22H24ClN3O5S/c1-14(20(28)26(21-24-10-12-32-21)16-5-3-2-4-6-16)30-19(27)9-11-25-17-8-7-15(23)13-18(17)31-22(25)29/h7-8,10,12-14,16H,2-6,9,11H2,1H3/t14-/m0/s1. The van der Waals surface area contributed by atoms with Gasteiger partial charge < -0.3 is 9.15 Å². The third-order valence-corrected chi connectivity index (χ3v) is 6.63. The highest BCUT2D eigenvalue weighted by Gasteiger charge is 2.33. The van der Waals surface area contributed by atoms with Crippen molar-refractivity contribution in [2.24, 2.45) is 0 Å². The molecule has 0 aliphatic heterocycles. The number of carbonyl (C=O) groups excluding carboxylic acids is 2. The Morgan fingerprint density at radius 3 is 2.84 bits per heavy atom. The number of ether oxygens (including phenoxy) is 1. The van der Waals surface area contributed by atoms with E-state index in [4.69, 9.17) is 20.8 Å². The van der Waals surface area contributed by atoms with E-state index in [1.807, 2.05) is 5.38 Å². The van der Waals surface area contributed by atoms with Crippen LogP contribution >= 0.6 is 22.9 Å². The predicted molar refractivity (Wildman–Crippen MR) is 122 cm³/mol. The van der Waals surface area contributed by atoms with Gasteiger partial charge in [0, 0.05) is 35.3 Å². The maximum Gasteiger partial charge on any atom is 0.419 e. The van der Waals surface area contributed by atoms with E-state index in [2.05, 4.69) is 4.98 Å². The molecule has 1 aliphatic carbocycles. The third-order valence-electron chi connectivity index (χ3n) is 5.63. The Bertz CT molecular complexity index is 1150. The first-order valence-corrected chi connectivity index (χ1v) is 11.9. The van der Waals surface area contributed by atoms with Gasteiger partial charge in [0.25, 0.3) is 5.91 Å². The number of thiazole rings is 1. The number of esters is 1. The first-order chi connectivity index (χ1) is 15.4. The van der Waals surface area contributed by atoms with Gasteiger partial charge in [0.15, 0.2) is 16.8 Å². The molecular weight excluding hydrogens is 454 g/mol. The maximum absolute atomic E-state index is 13.2. The van der Waals surface area contributed by atoms with Gasteiger partial charge in [-0.25, -0.2) is 9.78 Å². The molecule has 2 heterocycles. The van der Waals surface area contributed by atoms with Crippen molar-refractivity contribution in [2.75, 3.05) is 4.90 Å². The second-order valence-electron chi connectivity index (χ2n) is 7.83. The van der Waals surface area contributed by atoms with Crippen molar-refractivity contribution < 1.29 is 18.7 Å². The number of anilines is 1. The minimum atomic E-state index is -0.954. The molecule has 0 spiro atoms. The van der Waals surface area contributed by atoms with E-state index in [0.29, 0.717) is 21.3 Å². The number of nitrogens with zero attached hydrogens (tertiary/aromatic N) is 3. The number of aryl methyl sites for hydroxylation is 1. The zero-order chi connectivity index (χ0) is 22.7. The van der Waals surface area contributed by atoms with E-state index in [0.717, 1.165) is 32.1 Å². The largest absolute Gasteiger partial charge is 0.452 e. The Morgan fingerprint density at radius 2 is 2.12 bits per heavy atom. The molecule has 0 saturated heterocycles. The summed E-state index contributed by atoms with van der Waals surface area (Å²) in [4.78, 5) is 43.8. The first kappa shape index (κ1) is 22.5. The van der Waals surface area contributed by atoms with Crippen molar-refractivity contribution in [3.63, 3.8) is 0 Å². The number of aromatic nitrogens is 2. The van der Waals surface area contributed by atoms with Crippen LogP contribution in [-0.2, 0) is 20.9 Å². The number of amides is 1. The Hall–Kier alpha value is -2.65. The fourth-order valence-corrected chi connectivity index (χ4v) is 4.94. The van der Waals surface area contributed by atoms with Gasteiger partial charge in [0.2, 0.25) is 0 Å². The number of benzene rings is 1. The molecular formula is C22H24ClN3O5S. The van der Waals surface area contributed by atoms with Crippen LogP contribution in [-0.4, -0.2) is 33.6 Å². The highest BCUT2D eigenvalue weighted by Crippen LogP contribution is 2.29. The average Bonchev–Trinajstić information content (AvgIpc) is 3.40. The highest BCUT2D eigenvalue weighted by molar-refractivity contribution is 7.13. The van der Waals surface area contributed by atoms with Gasteiger partial charge >= 0.3 is 11.7 Å². The average molecular weight is 478 g/mol. The third kappa shape index (κ3) is 4.88. The highest BCUT2D eigenvalue weighted by atomic mass is 35.5. The summed E-state index contributed by atoms with van der Waals surface area (Å²) in [5.41, 5.74) is 0.898. The topological polar surface area (TPSA) is 94.6 Å². The summed E-state index contributed by atoms with van der Waals surface area (Å²) >= 11 is 7.33. The van der Waals surface area contributed by atoms with Gasteiger partial charge in [0.1, 0.15) is 0 Å².